The van der Waals surface area contributed by atoms with Crippen molar-refractivity contribution in [3.05, 3.63) is 66.2 Å². The summed E-state index contributed by atoms with van der Waals surface area (Å²) in [5, 5.41) is 13.6. The summed E-state index contributed by atoms with van der Waals surface area (Å²) in [4.78, 5) is 41.4. The Kier molecular flexibility index (Phi) is 8.21. The van der Waals surface area contributed by atoms with Crippen LogP contribution in [-0.2, 0) is 20.8 Å². The van der Waals surface area contributed by atoms with Gasteiger partial charge in [0.2, 0.25) is 5.95 Å². The minimum Gasteiger partial charge on any atom is -0.490 e. The van der Waals surface area contributed by atoms with Crippen molar-refractivity contribution in [2.24, 2.45) is 23.7 Å². The topological polar surface area (TPSA) is 157 Å². The summed E-state index contributed by atoms with van der Waals surface area (Å²) in [5.41, 5.74) is -2.93. The SMILES string of the molecule is O=C(NC1(C(=O)O)C2CC3CC(C2)CC1C3)c1ccc(-c2cn(C3CS(=O)(=O)C3)c3cc(OC4CCN(c5ncccn5)CC4)ccc23)nc1C(F)(F)F. The zero-order valence-electron chi connectivity index (χ0n) is 29.2. The Morgan fingerprint density at radius 3 is 2.22 bits per heavy atom. The fourth-order valence-electron chi connectivity index (χ4n) is 10.1. The van der Waals surface area contributed by atoms with E-state index in [0.717, 1.165) is 12.5 Å². The van der Waals surface area contributed by atoms with Gasteiger partial charge in [0.1, 0.15) is 17.4 Å². The first kappa shape index (κ1) is 35.0. The molecule has 1 amide bonds. The second kappa shape index (κ2) is 12.7. The summed E-state index contributed by atoms with van der Waals surface area (Å²) in [7, 11) is -3.25. The summed E-state index contributed by atoms with van der Waals surface area (Å²) in [6, 6.07) is 8.97. The minimum atomic E-state index is -5.03. The van der Waals surface area contributed by atoms with Crippen LogP contribution in [0.5, 0.6) is 5.75 Å². The van der Waals surface area contributed by atoms with E-state index in [1.807, 2.05) is 0 Å². The number of alkyl halides is 3. The number of hydrogen-bond donors (Lipinski definition) is 2. The van der Waals surface area contributed by atoms with Gasteiger partial charge in [0.05, 0.1) is 34.3 Å². The molecule has 0 spiro atoms. The molecule has 0 unspecified atom stereocenters. The molecule has 12 nitrogen and oxygen atoms in total. The zero-order chi connectivity index (χ0) is 37.6. The Morgan fingerprint density at radius 1 is 0.944 bits per heavy atom. The quantitative estimate of drug-likeness (QED) is 0.234. The van der Waals surface area contributed by atoms with Gasteiger partial charge in [0.15, 0.2) is 15.5 Å². The monoisotopic (exact) mass is 764 g/mol. The van der Waals surface area contributed by atoms with Crippen LogP contribution in [0.15, 0.2) is 55.0 Å². The number of halogens is 3. The fourth-order valence-corrected chi connectivity index (χ4v) is 11.5. The molecule has 54 heavy (non-hydrogen) atoms. The van der Waals surface area contributed by atoms with Gasteiger partial charge in [0, 0.05) is 61.5 Å². The number of nitrogens with one attached hydrogen (secondary N) is 1. The first-order valence-electron chi connectivity index (χ1n) is 18.5. The molecular weight excluding hydrogens is 726 g/mol. The number of ether oxygens (including phenoxy) is 1. The maximum Gasteiger partial charge on any atom is 0.434 e. The number of carbonyl (C=O) groups is 2. The van der Waals surface area contributed by atoms with Gasteiger partial charge in [-0.2, -0.15) is 13.2 Å². The molecule has 4 aromatic rings. The molecule has 10 rings (SSSR count). The van der Waals surface area contributed by atoms with Gasteiger partial charge in [0.25, 0.3) is 5.91 Å². The van der Waals surface area contributed by atoms with E-state index in [-0.39, 0.29) is 35.1 Å². The van der Waals surface area contributed by atoms with Gasteiger partial charge in [-0.05, 0) is 86.1 Å². The molecule has 4 saturated carbocycles. The van der Waals surface area contributed by atoms with Crippen LogP contribution in [0.4, 0.5) is 19.1 Å². The number of benzene rings is 1. The molecule has 0 radical (unpaired) electrons. The van der Waals surface area contributed by atoms with Gasteiger partial charge < -0.3 is 24.6 Å². The molecule has 4 bridgehead atoms. The van der Waals surface area contributed by atoms with Crippen molar-refractivity contribution in [2.75, 3.05) is 29.5 Å². The molecule has 4 aliphatic carbocycles. The molecule has 1 aromatic carbocycles. The number of pyridine rings is 1. The number of carboxylic acid groups (broad SMARTS) is 1. The lowest BCUT2D eigenvalue weighted by molar-refractivity contribution is -0.163. The number of amides is 1. The summed E-state index contributed by atoms with van der Waals surface area (Å²) in [5.74, 6) is -1.28. The van der Waals surface area contributed by atoms with Crippen molar-refractivity contribution in [3.63, 3.8) is 0 Å². The Balaban J connectivity index is 1.02. The summed E-state index contributed by atoms with van der Waals surface area (Å²) in [6.07, 6.45) is 4.84. The Labute approximate surface area is 309 Å². The standard InChI is InChI=1S/C38H39F3N6O6S/c39-38(40,41)33-29(34(48)45-37(35(49)50)23-13-21-12-22(15-23)16-24(37)14-21)4-5-31(44-33)30-18-47(25-19-54(51,52)20-25)32-17-27(2-3-28(30)32)53-26-6-10-46(11-7-26)36-42-8-1-9-43-36/h1-5,8-9,17-18,21-26H,6-7,10-16,19-20H2,(H,45,48)(H,49,50). The Bertz CT molecular complexity index is 2220. The van der Waals surface area contributed by atoms with Gasteiger partial charge in [-0.15, -0.1) is 0 Å². The number of carboxylic acids is 1. The number of aliphatic carboxylic acids is 1. The highest BCUT2D eigenvalue weighted by atomic mass is 32.2. The van der Waals surface area contributed by atoms with Crippen molar-refractivity contribution in [1.82, 2.24) is 24.8 Å². The molecule has 6 aliphatic rings. The third-order valence-corrected chi connectivity index (χ3v) is 14.2. The van der Waals surface area contributed by atoms with E-state index in [1.165, 1.54) is 6.07 Å². The predicted octanol–water partition coefficient (Wildman–Crippen LogP) is 5.54. The third-order valence-electron chi connectivity index (χ3n) is 12.5. The lowest BCUT2D eigenvalue weighted by Crippen LogP contribution is -2.70. The van der Waals surface area contributed by atoms with Crippen LogP contribution in [-0.4, -0.2) is 81.2 Å². The van der Waals surface area contributed by atoms with Crippen LogP contribution >= 0.6 is 0 Å². The fraction of sp³-hybridized carbons (Fsp3) is 0.500. The van der Waals surface area contributed by atoms with Crippen molar-refractivity contribution in [2.45, 2.75) is 68.8 Å². The average Bonchev–Trinajstić information content (AvgIpc) is 3.50. The number of sulfone groups is 1. The molecule has 3 aromatic heterocycles. The summed E-state index contributed by atoms with van der Waals surface area (Å²) < 4.78 is 76.9. The van der Waals surface area contributed by atoms with E-state index in [9.17, 15) is 36.3 Å². The van der Waals surface area contributed by atoms with E-state index < -0.39 is 50.7 Å². The van der Waals surface area contributed by atoms with Crippen LogP contribution < -0.4 is 15.0 Å². The zero-order valence-corrected chi connectivity index (χ0v) is 30.0. The second-order valence-electron chi connectivity index (χ2n) is 15.7. The first-order chi connectivity index (χ1) is 25.8. The number of anilines is 1. The van der Waals surface area contributed by atoms with Crippen LogP contribution in [0.3, 0.4) is 0 Å². The predicted molar refractivity (Wildman–Crippen MR) is 191 cm³/mol. The third kappa shape index (κ3) is 5.96. The minimum absolute atomic E-state index is 0.0588. The second-order valence-corrected chi connectivity index (χ2v) is 17.9. The van der Waals surface area contributed by atoms with E-state index in [2.05, 4.69) is 25.2 Å². The number of hydrogen-bond acceptors (Lipinski definition) is 9. The number of nitrogens with zero attached hydrogens (tertiary/aromatic N) is 5. The highest BCUT2D eigenvalue weighted by molar-refractivity contribution is 7.92. The molecule has 2 N–H and O–H groups in total. The molecule has 2 aliphatic heterocycles. The van der Waals surface area contributed by atoms with E-state index in [1.54, 1.807) is 47.4 Å². The highest BCUT2D eigenvalue weighted by Crippen LogP contribution is 2.58. The maximum absolute atomic E-state index is 14.8. The maximum atomic E-state index is 14.8. The first-order valence-corrected chi connectivity index (χ1v) is 20.3. The normalized spacial score (nSPS) is 27.9. The van der Waals surface area contributed by atoms with Gasteiger partial charge in [-0.3, -0.25) is 4.79 Å². The van der Waals surface area contributed by atoms with Crippen molar-refractivity contribution in [3.8, 4) is 17.0 Å². The van der Waals surface area contributed by atoms with Gasteiger partial charge in [-0.25, -0.2) is 28.2 Å². The van der Waals surface area contributed by atoms with Crippen LogP contribution in [0.1, 0.15) is 67.0 Å². The van der Waals surface area contributed by atoms with Crippen LogP contribution in [0.2, 0.25) is 0 Å². The molecular formula is C38H39F3N6O6S. The molecule has 0 atom stereocenters. The van der Waals surface area contributed by atoms with Crippen molar-refractivity contribution < 1.29 is 41.0 Å². The molecule has 2 saturated heterocycles. The Hall–Kier alpha value is -4.73. The smallest absolute Gasteiger partial charge is 0.434 e. The van der Waals surface area contributed by atoms with E-state index in [0.29, 0.717) is 91.6 Å². The van der Waals surface area contributed by atoms with Crippen molar-refractivity contribution >= 4 is 38.6 Å². The number of piperidine rings is 1. The van der Waals surface area contributed by atoms with E-state index >= 15 is 0 Å². The molecule has 5 heterocycles. The van der Waals surface area contributed by atoms with Crippen molar-refractivity contribution in [1.29, 1.82) is 0 Å². The number of rotatable bonds is 8. The Morgan fingerprint density at radius 2 is 1.61 bits per heavy atom. The average molecular weight is 765 g/mol. The largest absolute Gasteiger partial charge is 0.490 e. The summed E-state index contributed by atoms with van der Waals surface area (Å²) >= 11 is 0. The lowest BCUT2D eigenvalue weighted by Gasteiger charge is -2.59. The van der Waals surface area contributed by atoms with Gasteiger partial charge in [-0.1, -0.05) is 0 Å². The van der Waals surface area contributed by atoms with E-state index in [4.69, 9.17) is 4.74 Å². The van der Waals surface area contributed by atoms with Gasteiger partial charge >= 0.3 is 12.1 Å². The lowest BCUT2D eigenvalue weighted by atomic mass is 9.48. The number of carbonyl (C=O) groups excluding carboxylic acids is 1. The number of fused-ring (bicyclic) bond motifs is 1. The molecule has 6 fully saturated rings. The molecule has 284 valence electrons. The molecule has 16 heteroatoms. The van der Waals surface area contributed by atoms with Crippen LogP contribution in [0, 0.1) is 23.7 Å². The summed E-state index contributed by atoms with van der Waals surface area (Å²) in [6.45, 7) is 1.38. The highest BCUT2D eigenvalue weighted by Gasteiger charge is 2.62. The van der Waals surface area contributed by atoms with Crippen LogP contribution in [0.25, 0.3) is 22.2 Å². The number of aromatic nitrogens is 4.